The zero-order valence-corrected chi connectivity index (χ0v) is 11.2. The van der Waals surface area contributed by atoms with Crippen molar-refractivity contribution in [1.29, 1.82) is 0 Å². The van der Waals surface area contributed by atoms with Crippen LogP contribution >= 0.6 is 0 Å². The standard InChI is InChI=1S/C14H31N/c1-4-7-10-13-15(12-9-6-3)14-11-8-5-2/h4-14H2,1-3H3. The first-order valence-corrected chi connectivity index (χ1v) is 7.07. The summed E-state index contributed by atoms with van der Waals surface area (Å²) in [4.78, 5) is 2.68. The Bertz CT molecular complexity index is 102. The first-order chi connectivity index (χ1) is 7.35. The Kier molecular flexibility index (Phi) is 12.0. The van der Waals surface area contributed by atoms with E-state index in [9.17, 15) is 0 Å². The van der Waals surface area contributed by atoms with Gasteiger partial charge in [-0.15, -0.1) is 0 Å². The maximum absolute atomic E-state index is 2.68. The smallest absolute Gasteiger partial charge is 0.00187 e. The van der Waals surface area contributed by atoms with E-state index in [1.807, 2.05) is 0 Å². The summed E-state index contributed by atoms with van der Waals surface area (Å²) in [7, 11) is 0. The largest absolute Gasteiger partial charge is 0.303 e. The normalized spacial score (nSPS) is 11.2. The average molecular weight is 213 g/mol. The highest BCUT2D eigenvalue weighted by Gasteiger charge is 2.02. The van der Waals surface area contributed by atoms with E-state index in [2.05, 4.69) is 25.7 Å². The highest BCUT2D eigenvalue weighted by molar-refractivity contribution is 4.58. The molecule has 0 rings (SSSR count). The molecule has 0 N–H and O–H groups in total. The molecule has 0 saturated heterocycles. The molecular weight excluding hydrogens is 182 g/mol. The Labute approximate surface area is 97.2 Å². The predicted octanol–water partition coefficient (Wildman–Crippen LogP) is 4.47. The second-order valence-corrected chi connectivity index (χ2v) is 4.61. The van der Waals surface area contributed by atoms with Crippen LogP contribution in [-0.2, 0) is 0 Å². The van der Waals surface area contributed by atoms with Crippen molar-refractivity contribution in [3.05, 3.63) is 0 Å². The first kappa shape index (κ1) is 15.0. The summed E-state index contributed by atoms with van der Waals surface area (Å²) in [5.41, 5.74) is 0. The van der Waals surface area contributed by atoms with Crippen molar-refractivity contribution >= 4 is 0 Å². The maximum Gasteiger partial charge on any atom is -0.00187 e. The second kappa shape index (κ2) is 12.0. The molecule has 92 valence electrons. The Hall–Kier alpha value is -0.0400. The summed E-state index contributed by atoms with van der Waals surface area (Å²) in [5, 5.41) is 0. The Morgan fingerprint density at radius 1 is 0.533 bits per heavy atom. The molecule has 0 unspecified atom stereocenters. The average Bonchev–Trinajstić information content (AvgIpc) is 2.25. The molecule has 0 radical (unpaired) electrons. The molecule has 0 amide bonds. The summed E-state index contributed by atoms with van der Waals surface area (Å²) in [5.74, 6) is 0. The van der Waals surface area contributed by atoms with Crippen LogP contribution in [0.25, 0.3) is 0 Å². The lowest BCUT2D eigenvalue weighted by Crippen LogP contribution is -2.27. The van der Waals surface area contributed by atoms with Crippen molar-refractivity contribution in [1.82, 2.24) is 4.90 Å². The number of hydrogen-bond donors (Lipinski definition) is 0. The minimum absolute atomic E-state index is 1.32. The lowest BCUT2D eigenvalue weighted by atomic mass is 10.2. The van der Waals surface area contributed by atoms with E-state index >= 15 is 0 Å². The van der Waals surface area contributed by atoms with E-state index < -0.39 is 0 Å². The van der Waals surface area contributed by atoms with Crippen LogP contribution in [0.4, 0.5) is 0 Å². The number of rotatable bonds is 11. The predicted molar refractivity (Wildman–Crippen MR) is 70.4 cm³/mol. The van der Waals surface area contributed by atoms with Crippen molar-refractivity contribution < 1.29 is 0 Å². The van der Waals surface area contributed by atoms with E-state index in [1.165, 1.54) is 71.0 Å². The molecular formula is C14H31N. The third-order valence-corrected chi connectivity index (χ3v) is 2.98. The highest BCUT2D eigenvalue weighted by atomic mass is 15.1. The van der Waals surface area contributed by atoms with Gasteiger partial charge in [-0.2, -0.15) is 0 Å². The molecule has 0 spiro atoms. The van der Waals surface area contributed by atoms with Crippen LogP contribution in [0.15, 0.2) is 0 Å². The zero-order valence-electron chi connectivity index (χ0n) is 11.2. The molecule has 0 aromatic rings. The third kappa shape index (κ3) is 10.2. The van der Waals surface area contributed by atoms with Gasteiger partial charge in [-0.3, -0.25) is 0 Å². The van der Waals surface area contributed by atoms with Crippen molar-refractivity contribution in [2.75, 3.05) is 19.6 Å². The van der Waals surface area contributed by atoms with Crippen LogP contribution in [0.3, 0.4) is 0 Å². The Balaban J connectivity index is 3.53. The molecule has 1 nitrogen and oxygen atoms in total. The third-order valence-electron chi connectivity index (χ3n) is 2.98. The van der Waals surface area contributed by atoms with Crippen LogP contribution in [0.2, 0.25) is 0 Å². The van der Waals surface area contributed by atoms with Crippen molar-refractivity contribution in [3.8, 4) is 0 Å². The minimum atomic E-state index is 1.32. The fourth-order valence-electron chi connectivity index (χ4n) is 1.89. The summed E-state index contributed by atoms with van der Waals surface area (Å²) in [6.45, 7) is 10.8. The quantitative estimate of drug-likeness (QED) is 0.458. The fraction of sp³-hybridized carbons (Fsp3) is 1.00. The first-order valence-electron chi connectivity index (χ1n) is 7.07. The lowest BCUT2D eigenvalue weighted by molar-refractivity contribution is 0.258. The Morgan fingerprint density at radius 3 is 1.33 bits per heavy atom. The molecule has 1 heteroatoms. The number of unbranched alkanes of at least 4 members (excludes halogenated alkanes) is 5. The van der Waals surface area contributed by atoms with Gasteiger partial charge in [0.2, 0.25) is 0 Å². The van der Waals surface area contributed by atoms with Crippen LogP contribution in [0.1, 0.15) is 72.1 Å². The zero-order chi connectivity index (χ0) is 11.4. The lowest BCUT2D eigenvalue weighted by Gasteiger charge is -2.21. The topological polar surface area (TPSA) is 3.24 Å². The summed E-state index contributed by atoms with van der Waals surface area (Å²) >= 11 is 0. The van der Waals surface area contributed by atoms with Crippen LogP contribution < -0.4 is 0 Å². The van der Waals surface area contributed by atoms with Gasteiger partial charge in [0.1, 0.15) is 0 Å². The molecule has 0 aromatic heterocycles. The van der Waals surface area contributed by atoms with Crippen molar-refractivity contribution in [2.24, 2.45) is 0 Å². The molecule has 0 atom stereocenters. The number of hydrogen-bond acceptors (Lipinski definition) is 1. The Morgan fingerprint density at radius 2 is 0.933 bits per heavy atom. The second-order valence-electron chi connectivity index (χ2n) is 4.61. The summed E-state index contributed by atoms with van der Waals surface area (Å²) in [6, 6.07) is 0. The van der Waals surface area contributed by atoms with Crippen LogP contribution in [-0.4, -0.2) is 24.5 Å². The van der Waals surface area contributed by atoms with Crippen molar-refractivity contribution in [2.45, 2.75) is 72.1 Å². The molecule has 0 heterocycles. The number of nitrogens with zero attached hydrogens (tertiary/aromatic N) is 1. The van der Waals surface area contributed by atoms with Gasteiger partial charge in [0.05, 0.1) is 0 Å². The molecule has 15 heavy (non-hydrogen) atoms. The van der Waals surface area contributed by atoms with Gasteiger partial charge in [-0.25, -0.2) is 0 Å². The van der Waals surface area contributed by atoms with E-state index in [1.54, 1.807) is 0 Å². The van der Waals surface area contributed by atoms with Gasteiger partial charge in [-0.1, -0.05) is 52.9 Å². The van der Waals surface area contributed by atoms with E-state index in [4.69, 9.17) is 0 Å². The SMILES string of the molecule is CCCCCN(CCCC)CCCCC. The molecule has 0 fully saturated rings. The van der Waals surface area contributed by atoms with Crippen LogP contribution in [0.5, 0.6) is 0 Å². The molecule has 0 aliphatic rings. The maximum atomic E-state index is 2.68. The molecule has 0 saturated carbocycles. The molecule has 0 bridgehead atoms. The van der Waals surface area contributed by atoms with Gasteiger partial charge in [-0.05, 0) is 38.9 Å². The van der Waals surface area contributed by atoms with Gasteiger partial charge < -0.3 is 4.90 Å². The monoisotopic (exact) mass is 213 g/mol. The molecule has 0 aliphatic heterocycles. The fourth-order valence-corrected chi connectivity index (χ4v) is 1.89. The minimum Gasteiger partial charge on any atom is -0.303 e. The van der Waals surface area contributed by atoms with E-state index in [0.29, 0.717) is 0 Å². The van der Waals surface area contributed by atoms with E-state index in [-0.39, 0.29) is 0 Å². The van der Waals surface area contributed by atoms with Gasteiger partial charge in [0, 0.05) is 0 Å². The summed E-state index contributed by atoms with van der Waals surface area (Å²) in [6.07, 6.45) is 11.0. The van der Waals surface area contributed by atoms with Gasteiger partial charge >= 0.3 is 0 Å². The van der Waals surface area contributed by atoms with Crippen LogP contribution in [0, 0.1) is 0 Å². The van der Waals surface area contributed by atoms with Gasteiger partial charge in [0.25, 0.3) is 0 Å². The van der Waals surface area contributed by atoms with Crippen molar-refractivity contribution in [3.63, 3.8) is 0 Å². The van der Waals surface area contributed by atoms with Gasteiger partial charge in [0.15, 0.2) is 0 Å². The molecule has 0 aliphatic carbocycles. The molecule has 0 aromatic carbocycles. The summed E-state index contributed by atoms with van der Waals surface area (Å²) < 4.78 is 0. The van der Waals surface area contributed by atoms with E-state index in [0.717, 1.165) is 0 Å². The highest BCUT2D eigenvalue weighted by Crippen LogP contribution is 2.04.